The zero-order chi connectivity index (χ0) is 13.7. The van der Waals surface area contributed by atoms with Crippen LogP contribution in [0.15, 0.2) is 28.8 Å². The van der Waals surface area contributed by atoms with E-state index >= 15 is 0 Å². The van der Waals surface area contributed by atoms with E-state index in [1.165, 1.54) is 0 Å². The van der Waals surface area contributed by atoms with Crippen molar-refractivity contribution in [2.45, 2.75) is 19.8 Å². The molecule has 19 heavy (non-hydrogen) atoms. The minimum atomic E-state index is -0.994. The van der Waals surface area contributed by atoms with Gasteiger partial charge in [-0.1, -0.05) is 23.4 Å². The van der Waals surface area contributed by atoms with Crippen LogP contribution in [-0.4, -0.2) is 27.8 Å². The number of aryl methyl sites for hydroxylation is 1. The Morgan fingerprint density at radius 1 is 1.42 bits per heavy atom. The van der Waals surface area contributed by atoms with Gasteiger partial charge in [0.05, 0.1) is 6.61 Å². The van der Waals surface area contributed by atoms with Crippen LogP contribution >= 0.6 is 0 Å². The molecule has 1 N–H and O–H groups in total. The molecule has 0 saturated heterocycles. The van der Waals surface area contributed by atoms with E-state index in [4.69, 9.17) is 14.4 Å². The van der Waals surface area contributed by atoms with Crippen molar-refractivity contribution >= 4 is 5.97 Å². The van der Waals surface area contributed by atoms with E-state index in [-0.39, 0.29) is 12.3 Å². The van der Waals surface area contributed by atoms with E-state index in [2.05, 4.69) is 10.1 Å². The second-order valence-corrected chi connectivity index (χ2v) is 4.04. The number of ether oxygens (including phenoxy) is 1. The fraction of sp³-hybridized carbons (Fsp3) is 0.308. The average Bonchev–Trinajstić information content (AvgIpc) is 2.78. The maximum Gasteiger partial charge on any atom is 0.312 e. The van der Waals surface area contributed by atoms with Crippen LogP contribution < -0.4 is 4.74 Å². The van der Waals surface area contributed by atoms with E-state index in [0.717, 1.165) is 11.3 Å². The van der Waals surface area contributed by atoms with Crippen LogP contribution in [0.4, 0.5) is 0 Å². The third-order valence-electron chi connectivity index (χ3n) is 2.49. The lowest BCUT2D eigenvalue weighted by Gasteiger charge is -2.06. The molecule has 1 aromatic carbocycles. The Bertz CT molecular complexity index is 565. The van der Waals surface area contributed by atoms with Gasteiger partial charge in [0.2, 0.25) is 5.89 Å². The lowest BCUT2D eigenvalue weighted by Crippen LogP contribution is -2.04. The van der Waals surface area contributed by atoms with Crippen molar-refractivity contribution in [3.8, 4) is 5.75 Å². The van der Waals surface area contributed by atoms with Gasteiger partial charge < -0.3 is 14.4 Å². The molecule has 1 aromatic heterocycles. The third kappa shape index (κ3) is 3.80. The van der Waals surface area contributed by atoms with Gasteiger partial charge in [-0.3, -0.25) is 4.79 Å². The van der Waals surface area contributed by atoms with Crippen molar-refractivity contribution in [2.75, 3.05) is 6.61 Å². The number of carboxylic acid groups (broad SMARTS) is 1. The van der Waals surface area contributed by atoms with Crippen molar-refractivity contribution in [1.29, 1.82) is 0 Å². The van der Waals surface area contributed by atoms with Crippen LogP contribution in [-0.2, 0) is 17.6 Å². The van der Waals surface area contributed by atoms with Crippen LogP contribution in [0.2, 0.25) is 0 Å². The van der Waals surface area contributed by atoms with Crippen molar-refractivity contribution in [2.24, 2.45) is 0 Å². The van der Waals surface area contributed by atoms with Crippen molar-refractivity contribution in [3.63, 3.8) is 0 Å². The molecule has 0 radical (unpaired) electrons. The Morgan fingerprint density at radius 2 is 2.21 bits per heavy atom. The van der Waals surface area contributed by atoms with E-state index in [1.54, 1.807) is 0 Å². The van der Waals surface area contributed by atoms with E-state index in [0.29, 0.717) is 18.9 Å². The first-order chi connectivity index (χ1) is 9.15. The molecule has 0 aliphatic carbocycles. The molecule has 2 rings (SSSR count). The summed E-state index contributed by atoms with van der Waals surface area (Å²) in [5, 5.41) is 12.3. The van der Waals surface area contributed by atoms with Crippen LogP contribution in [0.1, 0.15) is 17.3 Å². The minimum Gasteiger partial charge on any atom is -0.493 e. The second-order valence-electron chi connectivity index (χ2n) is 4.04. The van der Waals surface area contributed by atoms with Crippen LogP contribution in [0.25, 0.3) is 0 Å². The lowest BCUT2D eigenvalue weighted by atomic mass is 10.2. The average molecular weight is 262 g/mol. The number of benzene rings is 1. The first-order valence-electron chi connectivity index (χ1n) is 5.87. The van der Waals surface area contributed by atoms with Gasteiger partial charge in [0.25, 0.3) is 0 Å². The van der Waals surface area contributed by atoms with Gasteiger partial charge in [-0.15, -0.1) is 0 Å². The number of hydrogen-bond acceptors (Lipinski definition) is 5. The van der Waals surface area contributed by atoms with Crippen LogP contribution in [0.5, 0.6) is 5.75 Å². The molecule has 1 heterocycles. The van der Waals surface area contributed by atoms with Crippen molar-refractivity contribution in [1.82, 2.24) is 10.1 Å². The monoisotopic (exact) mass is 262 g/mol. The molecule has 2 aromatic rings. The smallest absolute Gasteiger partial charge is 0.312 e. The molecular formula is C13H14N2O4. The molecule has 6 nitrogen and oxygen atoms in total. The zero-order valence-corrected chi connectivity index (χ0v) is 10.5. The van der Waals surface area contributed by atoms with Crippen molar-refractivity contribution in [3.05, 3.63) is 41.5 Å². The first kappa shape index (κ1) is 13.1. The molecule has 0 spiro atoms. The first-order valence-corrected chi connectivity index (χ1v) is 5.87. The van der Waals surface area contributed by atoms with Crippen LogP contribution in [0, 0.1) is 6.92 Å². The van der Waals surface area contributed by atoms with Gasteiger partial charge in [0.1, 0.15) is 12.2 Å². The number of para-hydroxylation sites is 1. The normalized spacial score (nSPS) is 10.4. The Labute approximate surface area is 110 Å². The number of hydrogen-bond donors (Lipinski definition) is 1. The number of nitrogens with zero attached hydrogens (tertiary/aromatic N) is 2. The van der Waals surface area contributed by atoms with Gasteiger partial charge in [-0.05, 0) is 18.6 Å². The molecule has 6 heteroatoms. The number of rotatable bonds is 6. The highest BCUT2D eigenvalue weighted by Crippen LogP contribution is 2.16. The quantitative estimate of drug-likeness (QED) is 0.851. The highest BCUT2D eigenvalue weighted by Gasteiger charge is 2.10. The summed E-state index contributed by atoms with van der Waals surface area (Å²) in [5.74, 6) is 0.381. The lowest BCUT2D eigenvalue weighted by molar-refractivity contribution is -0.136. The SMILES string of the molecule is Cc1ccccc1OCCc1noc(CC(=O)O)n1. The summed E-state index contributed by atoms with van der Waals surface area (Å²) in [5.41, 5.74) is 1.06. The molecule has 0 aliphatic rings. The fourth-order valence-electron chi connectivity index (χ4n) is 1.56. The zero-order valence-electron chi connectivity index (χ0n) is 10.5. The van der Waals surface area contributed by atoms with E-state index in [1.807, 2.05) is 31.2 Å². The minimum absolute atomic E-state index is 0.110. The highest BCUT2D eigenvalue weighted by molar-refractivity contribution is 5.68. The molecular weight excluding hydrogens is 248 g/mol. The molecule has 0 amide bonds. The summed E-state index contributed by atoms with van der Waals surface area (Å²) < 4.78 is 10.4. The van der Waals surface area contributed by atoms with Gasteiger partial charge in [0, 0.05) is 6.42 Å². The summed E-state index contributed by atoms with van der Waals surface area (Å²) >= 11 is 0. The number of carbonyl (C=O) groups is 1. The standard InChI is InChI=1S/C13H14N2O4/c1-9-4-2-3-5-10(9)18-7-6-11-14-12(19-15-11)8-13(16)17/h2-5H,6-8H2,1H3,(H,16,17). The summed E-state index contributed by atoms with van der Waals surface area (Å²) in [7, 11) is 0. The molecule has 0 atom stereocenters. The van der Waals surface area contributed by atoms with Gasteiger partial charge in [0.15, 0.2) is 5.82 Å². The predicted molar refractivity (Wildman–Crippen MR) is 66.0 cm³/mol. The predicted octanol–water partition coefficient (Wildman–Crippen LogP) is 1.63. The maximum atomic E-state index is 10.5. The molecule has 0 fully saturated rings. The molecule has 100 valence electrons. The van der Waals surface area contributed by atoms with Gasteiger partial charge >= 0.3 is 5.97 Å². The molecule has 0 bridgehead atoms. The number of aliphatic carboxylic acids is 1. The Morgan fingerprint density at radius 3 is 2.95 bits per heavy atom. The topological polar surface area (TPSA) is 85.5 Å². The Kier molecular flexibility index (Phi) is 4.12. The molecule has 0 saturated carbocycles. The summed E-state index contributed by atoms with van der Waals surface area (Å²) in [6.07, 6.45) is 0.211. The van der Waals surface area contributed by atoms with Crippen molar-refractivity contribution < 1.29 is 19.2 Å². The fourth-order valence-corrected chi connectivity index (χ4v) is 1.56. The number of aromatic nitrogens is 2. The van der Waals surface area contributed by atoms with E-state index < -0.39 is 5.97 Å². The molecule has 0 aliphatic heterocycles. The molecule has 0 unspecified atom stereocenters. The third-order valence-corrected chi connectivity index (χ3v) is 2.49. The summed E-state index contributed by atoms with van der Waals surface area (Å²) in [6, 6.07) is 7.71. The number of carboxylic acids is 1. The van der Waals surface area contributed by atoms with E-state index in [9.17, 15) is 4.79 Å². The second kappa shape index (κ2) is 5.99. The summed E-state index contributed by atoms with van der Waals surface area (Å²) in [6.45, 7) is 2.38. The van der Waals surface area contributed by atoms with Crippen LogP contribution in [0.3, 0.4) is 0 Å². The Hall–Kier alpha value is -2.37. The highest BCUT2D eigenvalue weighted by atomic mass is 16.5. The summed E-state index contributed by atoms with van der Waals surface area (Å²) in [4.78, 5) is 14.4. The van der Waals surface area contributed by atoms with Gasteiger partial charge in [-0.2, -0.15) is 4.98 Å². The largest absolute Gasteiger partial charge is 0.493 e. The van der Waals surface area contributed by atoms with Gasteiger partial charge in [-0.25, -0.2) is 0 Å². The maximum absolute atomic E-state index is 10.5. The Balaban J connectivity index is 1.84.